The minimum Gasteiger partial charge on any atom is -0.497 e. The number of hydrogen-bond acceptors (Lipinski definition) is 4. The van der Waals surface area contributed by atoms with E-state index in [0.29, 0.717) is 30.0 Å². The standard InChI is InChI=1S/C31H33F2N3O4/c1-31(2,3)30(39)35-23-11-7-21(8-12-23)29(38)36-15-13-20(14-16-36)19-5-9-22(10-6-19)34-28(37)27-25(32)17-24(40-4)18-26(27)33/h5-12,17-18,20H,13-16H2,1-4H3,(H,34,37)(H,35,39). The molecule has 0 aromatic heterocycles. The zero-order valence-electron chi connectivity index (χ0n) is 23.0. The van der Waals surface area contributed by atoms with Crippen LogP contribution in [0.25, 0.3) is 0 Å². The average molecular weight is 550 g/mol. The lowest BCUT2D eigenvalue weighted by Gasteiger charge is -2.32. The van der Waals surface area contributed by atoms with Gasteiger partial charge in [0.1, 0.15) is 22.9 Å². The van der Waals surface area contributed by atoms with Crippen molar-refractivity contribution in [2.45, 2.75) is 39.5 Å². The SMILES string of the molecule is COc1cc(F)c(C(=O)Nc2ccc(C3CCN(C(=O)c4ccc(NC(=O)C(C)(C)C)cc4)CC3)cc2)c(F)c1. The van der Waals surface area contributed by atoms with Crippen molar-refractivity contribution in [3.8, 4) is 5.75 Å². The van der Waals surface area contributed by atoms with Crippen LogP contribution in [0.1, 0.15) is 65.8 Å². The molecule has 4 rings (SSSR count). The summed E-state index contributed by atoms with van der Waals surface area (Å²) in [6, 6.07) is 16.0. The van der Waals surface area contributed by atoms with Crippen molar-refractivity contribution in [1.82, 2.24) is 4.90 Å². The summed E-state index contributed by atoms with van der Waals surface area (Å²) < 4.78 is 33.3. The van der Waals surface area contributed by atoms with Crippen LogP contribution in [0.4, 0.5) is 20.2 Å². The Morgan fingerprint density at radius 2 is 1.38 bits per heavy atom. The van der Waals surface area contributed by atoms with Crippen LogP contribution in [0.3, 0.4) is 0 Å². The van der Waals surface area contributed by atoms with Crippen LogP contribution in [-0.2, 0) is 4.79 Å². The molecule has 0 spiro atoms. The number of amides is 3. The number of ether oxygens (including phenoxy) is 1. The topological polar surface area (TPSA) is 87.7 Å². The third-order valence-electron chi connectivity index (χ3n) is 6.97. The second-order valence-electron chi connectivity index (χ2n) is 10.9. The largest absolute Gasteiger partial charge is 0.497 e. The molecule has 1 saturated heterocycles. The molecule has 1 fully saturated rings. The molecule has 0 unspecified atom stereocenters. The molecule has 0 saturated carbocycles. The molecule has 210 valence electrons. The highest BCUT2D eigenvalue weighted by molar-refractivity contribution is 6.04. The number of carbonyl (C=O) groups is 3. The number of piperidine rings is 1. The number of halogens is 2. The number of nitrogens with zero attached hydrogens (tertiary/aromatic N) is 1. The van der Waals surface area contributed by atoms with Crippen molar-refractivity contribution in [2.24, 2.45) is 5.41 Å². The van der Waals surface area contributed by atoms with Gasteiger partial charge in [-0.1, -0.05) is 32.9 Å². The van der Waals surface area contributed by atoms with Crippen LogP contribution in [0.2, 0.25) is 0 Å². The van der Waals surface area contributed by atoms with Crippen molar-refractivity contribution >= 4 is 29.1 Å². The maximum atomic E-state index is 14.2. The highest BCUT2D eigenvalue weighted by Crippen LogP contribution is 2.30. The molecule has 40 heavy (non-hydrogen) atoms. The Morgan fingerprint density at radius 3 is 1.90 bits per heavy atom. The summed E-state index contributed by atoms with van der Waals surface area (Å²) in [5.41, 5.74) is 1.50. The average Bonchev–Trinajstić information content (AvgIpc) is 2.92. The van der Waals surface area contributed by atoms with Gasteiger partial charge in [-0.2, -0.15) is 0 Å². The van der Waals surface area contributed by atoms with Crippen molar-refractivity contribution in [3.63, 3.8) is 0 Å². The van der Waals surface area contributed by atoms with Gasteiger partial charge in [0.25, 0.3) is 11.8 Å². The van der Waals surface area contributed by atoms with E-state index in [1.807, 2.05) is 37.8 Å². The fourth-order valence-corrected chi connectivity index (χ4v) is 4.53. The molecule has 3 aromatic carbocycles. The second-order valence-corrected chi connectivity index (χ2v) is 10.9. The van der Waals surface area contributed by atoms with Crippen LogP contribution in [-0.4, -0.2) is 42.8 Å². The molecule has 0 atom stereocenters. The molecule has 3 amide bonds. The van der Waals surface area contributed by atoms with Crippen LogP contribution >= 0.6 is 0 Å². The highest BCUT2D eigenvalue weighted by atomic mass is 19.1. The molecular weight excluding hydrogens is 516 g/mol. The third-order valence-corrected chi connectivity index (χ3v) is 6.97. The third kappa shape index (κ3) is 6.65. The van der Waals surface area contributed by atoms with Crippen LogP contribution in [0, 0.1) is 17.0 Å². The molecule has 9 heteroatoms. The van der Waals surface area contributed by atoms with Gasteiger partial charge in [-0.25, -0.2) is 8.78 Å². The number of likely N-dealkylation sites (tertiary alicyclic amines) is 1. The molecule has 1 aliphatic heterocycles. The summed E-state index contributed by atoms with van der Waals surface area (Å²) in [4.78, 5) is 39.5. The summed E-state index contributed by atoms with van der Waals surface area (Å²) in [5, 5.41) is 5.39. The Labute approximate surface area is 232 Å². The smallest absolute Gasteiger partial charge is 0.261 e. The second kappa shape index (κ2) is 11.9. The Bertz CT molecular complexity index is 1370. The van der Waals surface area contributed by atoms with Crippen LogP contribution in [0.15, 0.2) is 60.7 Å². The molecule has 1 heterocycles. The van der Waals surface area contributed by atoms with E-state index in [1.54, 1.807) is 36.4 Å². The fraction of sp³-hybridized carbons (Fsp3) is 0.323. The number of nitrogens with one attached hydrogen (secondary N) is 2. The molecule has 0 aliphatic carbocycles. The first-order chi connectivity index (χ1) is 19.0. The predicted molar refractivity (Wildman–Crippen MR) is 150 cm³/mol. The Hall–Kier alpha value is -4.27. The Kier molecular flexibility index (Phi) is 8.52. The predicted octanol–water partition coefficient (Wildman–Crippen LogP) is 6.23. The number of methoxy groups -OCH3 is 1. The normalized spacial score (nSPS) is 14.0. The monoisotopic (exact) mass is 549 g/mol. The highest BCUT2D eigenvalue weighted by Gasteiger charge is 2.26. The van der Waals surface area contributed by atoms with Gasteiger partial charge in [-0.05, 0) is 60.7 Å². The Morgan fingerprint density at radius 1 is 0.850 bits per heavy atom. The summed E-state index contributed by atoms with van der Waals surface area (Å²) in [6.07, 6.45) is 1.55. The van der Waals surface area contributed by atoms with E-state index in [-0.39, 0.29) is 23.5 Å². The number of hydrogen-bond donors (Lipinski definition) is 2. The first-order valence-electron chi connectivity index (χ1n) is 13.1. The molecule has 0 bridgehead atoms. The molecule has 3 aromatic rings. The van der Waals surface area contributed by atoms with E-state index in [0.717, 1.165) is 30.5 Å². The van der Waals surface area contributed by atoms with Crippen molar-refractivity contribution < 1.29 is 27.9 Å². The van der Waals surface area contributed by atoms with Crippen molar-refractivity contribution in [1.29, 1.82) is 0 Å². The van der Waals surface area contributed by atoms with Gasteiger partial charge in [-0.15, -0.1) is 0 Å². The summed E-state index contributed by atoms with van der Waals surface area (Å²) >= 11 is 0. The van der Waals surface area contributed by atoms with Crippen molar-refractivity contribution in [2.75, 3.05) is 30.8 Å². The van der Waals surface area contributed by atoms with E-state index in [4.69, 9.17) is 4.74 Å². The zero-order chi connectivity index (χ0) is 29.0. The van der Waals surface area contributed by atoms with Gasteiger partial charge in [0.15, 0.2) is 0 Å². The molecule has 7 nitrogen and oxygen atoms in total. The molecule has 0 radical (unpaired) electrons. The fourth-order valence-electron chi connectivity index (χ4n) is 4.53. The summed E-state index contributed by atoms with van der Waals surface area (Å²) in [7, 11) is 1.29. The van der Waals surface area contributed by atoms with Crippen LogP contribution < -0.4 is 15.4 Å². The van der Waals surface area contributed by atoms with E-state index >= 15 is 0 Å². The van der Waals surface area contributed by atoms with Gasteiger partial charge >= 0.3 is 0 Å². The maximum Gasteiger partial charge on any atom is 0.261 e. The van der Waals surface area contributed by atoms with E-state index < -0.39 is 28.5 Å². The number of anilines is 2. The van der Waals surface area contributed by atoms with E-state index in [1.165, 1.54) is 7.11 Å². The molecule has 1 aliphatic rings. The van der Waals surface area contributed by atoms with Gasteiger partial charge in [0, 0.05) is 47.6 Å². The van der Waals surface area contributed by atoms with E-state index in [9.17, 15) is 23.2 Å². The lowest BCUT2D eigenvalue weighted by atomic mass is 9.89. The first kappa shape index (κ1) is 28.7. The summed E-state index contributed by atoms with van der Waals surface area (Å²) in [5.74, 6) is -2.82. The Balaban J connectivity index is 1.31. The zero-order valence-corrected chi connectivity index (χ0v) is 23.0. The first-order valence-corrected chi connectivity index (χ1v) is 13.1. The van der Waals surface area contributed by atoms with E-state index in [2.05, 4.69) is 10.6 Å². The summed E-state index contributed by atoms with van der Waals surface area (Å²) in [6.45, 7) is 6.71. The van der Waals surface area contributed by atoms with Gasteiger partial charge in [0.2, 0.25) is 5.91 Å². The lowest BCUT2D eigenvalue weighted by Crippen LogP contribution is -2.37. The molecule has 2 N–H and O–H groups in total. The van der Waals surface area contributed by atoms with Gasteiger partial charge < -0.3 is 20.3 Å². The number of rotatable bonds is 6. The maximum absolute atomic E-state index is 14.2. The number of carbonyl (C=O) groups excluding carboxylic acids is 3. The molecular formula is C31H33F2N3O4. The minimum atomic E-state index is -1.00. The van der Waals surface area contributed by atoms with Crippen molar-refractivity contribution in [3.05, 3.63) is 89.0 Å². The van der Waals surface area contributed by atoms with Gasteiger partial charge in [-0.3, -0.25) is 14.4 Å². The quantitative estimate of drug-likeness (QED) is 0.382. The minimum absolute atomic E-state index is 0.0110. The van der Waals surface area contributed by atoms with Crippen LogP contribution in [0.5, 0.6) is 5.75 Å². The number of benzene rings is 3. The van der Waals surface area contributed by atoms with Gasteiger partial charge in [0.05, 0.1) is 7.11 Å². The lowest BCUT2D eigenvalue weighted by molar-refractivity contribution is -0.123.